The maximum absolute atomic E-state index is 3.18. The van der Waals surface area contributed by atoms with Gasteiger partial charge in [-0.2, -0.15) is 0 Å². The predicted molar refractivity (Wildman–Crippen MR) is 21.6 cm³/mol. The van der Waals surface area contributed by atoms with Gasteiger partial charge in [0, 0.05) is 0 Å². The first kappa shape index (κ1) is 3.20. The molecule has 0 aliphatic heterocycles. The summed E-state index contributed by atoms with van der Waals surface area (Å²) in [6, 6.07) is 0. The molecule has 0 aromatic rings. The van der Waals surface area contributed by atoms with Gasteiger partial charge in [-0.25, -0.2) is 0 Å². The molecule has 0 aromatic carbocycles. The quantitative estimate of drug-likeness (QED) is 0.437. The van der Waals surface area contributed by atoms with Crippen molar-refractivity contribution in [1.29, 1.82) is 0 Å². The summed E-state index contributed by atoms with van der Waals surface area (Å²) in [6.07, 6.45) is 5.75. The molecule has 2 radical (unpaired) electrons. The molecule has 0 amide bonds. The van der Waals surface area contributed by atoms with E-state index in [9.17, 15) is 0 Å². The lowest BCUT2D eigenvalue weighted by molar-refractivity contribution is 0.825. The van der Waals surface area contributed by atoms with E-state index in [4.69, 9.17) is 0 Å². The van der Waals surface area contributed by atoms with Crippen LogP contribution in [0.5, 0.6) is 0 Å². The van der Waals surface area contributed by atoms with Gasteiger partial charge in [-0.1, -0.05) is 13.3 Å². The van der Waals surface area contributed by atoms with Crippen molar-refractivity contribution in [3.63, 3.8) is 0 Å². The van der Waals surface area contributed by atoms with Crippen LogP contribution < -0.4 is 0 Å². The van der Waals surface area contributed by atoms with Crippen LogP contribution in [0.25, 0.3) is 0 Å². The largest absolute Gasteiger partial charge is 0.0651 e. The Hall–Kier alpha value is 0. The topological polar surface area (TPSA) is 0 Å². The molecule has 0 nitrogen and oxygen atoms in total. The average Bonchev–Trinajstić information content (AvgIpc) is 2.12. The van der Waals surface area contributed by atoms with Crippen molar-refractivity contribution >= 4 is 0 Å². The molecular formula is C5H8. The zero-order valence-corrected chi connectivity index (χ0v) is 3.49. The molecule has 1 fully saturated rings. The van der Waals surface area contributed by atoms with Crippen LogP contribution in [0.4, 0.5) is 0 Å². The van der Waals surface area contributed by atoms with Crippen LogP contribution in [0.1, 0.15) is 19.8 Å². The Bertz CT molecular complexity index is 27.0. The molecule has 1 rings (SSSR count). The highest BCUT2D eigenvalue weighted by Crippen LogP contribution is 2.29. The van der Waals surface area contributed by atoms with Crippen LogP contribution >= 0.6 is 0 Å². The van der Waals surface area contributed by atoms with Gasteiger partial charge in [0.05, 0.1) is 0 Å². The zero-order valence-electron chi connectivity index (χ0n) is 3.49. The Morgan fingerprint density at radius 1 is 2.00 bits per heavy atom. The lowest BCUT2D eigenvalue weighted by atomic mass is 10.3. The monoisotopic (exact) mass is 68.1 g/mol. The van der Waals surface area contributed by atoms with Crippen LogP contribution in [0.15, 0.2) is 0 Å². The fourth-order valence-electron chi connectivity index (χ4n) is 0.372. The predicted octanol–water partition coefficient (Wildman–Crippen LogP) is 1.50. The third-order valence-corrected chi connectivity index (χ3v) is 0.986. The van der Waals surface area contributed by atoms with Crippen molar-refractivity contribution in [1.82, 2.24) is 0 Å². The van der Waals surface area contributed by atoms with Gasteiger partial charge in [0.25, 0.3) is 0 Å². The molecule has 0 N–H and O–H groups in total. The van der Waals surface area contributed by atoms with Crippen molar-refractivity contribution < 1.29 is 0 Å². The first-order valence-corrected chi connectivity index (χ1v) is 2.17. The maximum Gasteiger partial charge on any atom is -0.0137 e. The van der Waals surface area contributed by atoms with Crippen LogP contribution in [0.2, 0.25) is 0 Å². The van der Waals surface area contributed by atoms with E-state index < -0.39 is 0 Å². The molecule has 0 bridgehead atoms. The SMILES string of the molecule is CCC1[C]C1. The minimum atomic E-state index is 0.884. The minimum absolute atomic E-state index is 0.884. The highest BCUT2D eigenvalue weighted by molar-refractivity contribution is 4.92. The lowest BCUT2D eigenvalue weighted by Crippen LogP contribution is -1.60. The molecule has 1 aliphatic carbocycles. The normalized spacial score (nSPS) is 23.4. The average molecular weight is 68.1 g/mol. The first-order valence-electron chi connectivity index (χ1n) is 2.17. The Morgan fingerprint density at radius 3 is 2.60 bits per heavy atom. The Labute approximate surface area is 33.2 Å². The minimum Gasteiger partial charge on any atom is -0.0651 e. The number of rotatable bonds is 1. The molecule has 1 unspecified atom stereocenters. The number of hydrogen-bond acceptors (Lipinski definition) is 0. The summed E-state index contributed by atoms with van der Waals surface area (Å²) >= 11 is 0. The number of hydrogen-bond donors (Lipinski definition) is 0. The molecule has 0 heterocycles. The van der Waals surface area contributed by atoms with Crippen molar-refractivity contribution in [2.24, 2.45) is 5.92 Å². The van der Waals surface area contributed by atoms with Gasteiger partial charge in [-0.3, -0.25) is 0 Å². The molecule has 1 atom stereocenters. The summed E-state index contributed by atoms with van der Waals surface area (Å²) < 4.78 is 0. The molecule has 0 heteroatoms. The van der Waals surface area contributed by atoms with Gasteiger partial charge >= 0.3 is 0 Å². The van der Waals surface area contributed by atoms with E-state index in [0.29, 0.717) is 0 Å². The molecule has 1 saturated carbocycles. The molecular weight excluding hydrogens is 60.1 g/mol. The third kappa shape index (κ3) is 0.640. The van der Waals surface area contributed by atoms with Crippen molar-refractivity contribution in [3.05, 3.63) is 6.42 Å². The van der Waals surface area contributed by atoms with Crippen molar-refractivity contribution in [2.45, 2.75) is 19.8 Å². The van der Waals surface area contributed by atoms with Crippen molar-refractivity contribution in [2.75, 3.05) is 0 Å². The Balaban J connectivity index is 2.00. The lowest BCUT2D eigenvalue weighted by Gasteiger charge is -1.72. The highest BCUT2D eigenvalue weighted by atomic mass is 14.2. The molecule has 5 heavy (non-hydrogen) atoms. The second kappa shape index (κ2) is 1.00. The second-order valence-electron chi connectivity index (χ2n) is 1.51. The van der Waals surface area contributed by atoms with E-state index >= 15 is 0 Å². The zero-order chi connectivity index (χ0) is 3.70. The van der Waals surface area contributed by atoms with E-state index in [2.05, 4.69) is 13.3 Å². The summed E-state index contributed by atoms with van der Waals surface area (Å²) in [5, 5.41) is 0. The Morgan fingerprint density at radius 2 is 2.60 bits per heavy atom. The van der Waals surface area contributed by atoms with Gasteiger partial charge in [-0.15, -0.1) is 0 Å². The van der Waals surface area contributed by atoms with Crippen LogP contribution in [0, 0.1) is 12.3 Å². The summed E-state index contributed by atoms with van der Waals surface area (Å²) in [7, 11) is 0. The molecule has 0 aromatic heterocycles. The highest BCUT2D eigenvalue weighted by Gasteiger charge is 2.18. The van der Waals surface area contributed by atoms with Gasteiger partial charge in [0.1, 0.15) is 0 Å². The second-order valence-corrected chi connectivity index (χ2v) is 1.51. The summed E-state index contributed by atoms with van der Waals surface area (Å²) in [6.45, 7) is 2.20. The molecule has 0 spiro atoms. The van der Waals surface area contributed by atoms with E-state index in [-0.39, 0.29) is 0 Å². The van der Waals surface area contributed by atoms with Gasteiger partial charge in [0.2, 0.25) is 0 Å². The fraction of sp³-hybridized carbons (Fsp3) is 0.800. The van der Waals surface area contributed by atoms with Gasteiger partial charge in [0.15, 0.2) is 0 Å². The van der Waals surface area contributed by atoms with E-state index in [1.165, 1.54) is 12.8 Å². The molecule has 1 aliphatic rings. The summed E-state index contributed by atoms with van der Waals surface area (Å²) in [5.74, 6) is 0.884. The van der Waals surface area contributed by atoms with E-state index in [1.54, 1.807) is 0 Å². The van der Waals surface area contributed by atoms with Crippen LogP contribution in [-0.4, -0.2) is 0 Å². The first-order chi connectivity index (χ1) is 2.43. The standard InChI is InChI=1S/C5H8/c1-2-5-3-4-5/h5H,2-3H2,1H3. The van der Waals surface area contributed by atoms with E-state index in [0.717, 1.165) is 5.92 Å². The Kier molecular flexibility index (Phi) is 0.640. The van der Waals surface area contributed by atoms with E-state index in [1.807, 2.05) is 0 Å². The fourth-order valence-corrected chi connectivity index (χ4v) is 0.372. The van der Waals surface area contributed by atoms with Crippen molar-refractivity contribution in [3.8, 4) is 0 Å². The summed E-state index contributed by atoms with van der Waals surface area (Å²) in [5.41, 5.74) is 0. The van der Waals surface area contributed by atoms with Crippen LogP contribution in [-0.2, 0) is 0 Å². The van der Waals surface area contributed by atoms with Crippen LogP contribution in [0.3, 0.4) is 0 Å². The summed E-state index contributed by atoms with van der Waals surface area (Å²) in [4.78, 5) is 0. The molecule has 0 saturated heterocycles. The molecule has 28 valence electrons. The van der Waals surface area contributed by atoms with Gasteiger partial charge in [-0.05, 0) is 18.8 Å². The third-order valence-electron chi connectivity index (χ3n) is 0.986. The van der Waals surface area contributed by atoms with Gasteiger partial charge < -0.3 is 0 Å². The smallest absolute Gasteiger partial charge is 0.0137 e. The maximum atomic E-state index is 3.18.